The van der Waals surface area contributed by atoms with Crippen molar-refractivity contribution in [2.24, 2.45) is 4.99 Å². The summed E-state index contributed by atoms with van der Waals surface area (Å²) in [6.07, 6.45) is 3.29. The van der Waals surface area contributed by atoms with E-state index in [1.54, 1.807) is 6.07 Å². The third kappa shape index (κ3) is 4.02. The van der Waals surface area contributed by atoms with Gasteiger partial charge in [0.05, 0.1) is 22.7 Å². The molecule has 0 fully saturated rings. The van der Waals surface area contributed by atoms with Crippen LogP contribution in [0.15, 0.2) is 40.2 Å². The van der Waals surface area contributed by atoms with Crippen molar-refractivity contribution in [3.8, 4) is 0 Å². The van der Waals surface area contributed by atoms with E-state index in [0.717, 1.165) is 18.4 Å². The first-order valence-electron chi connectivity index (χ1n) is 10.7. The monoisotopic (exact) mass is 456 g/mol. The predicted molar refractivity (Wildman–Crippen MR) is 126 cm³/mol. The number of aryl methyl sites for hydroxylation is 1. The number of nitro benzene ring substituents is 1. The summed E-state index contributed by atoms with van der Waals surface area (Å²) in [7, 11) is 1.91. The number of rotatable bonds is 6. The standard InChI is InChI=1S/C23H26FN5O2S/c1-5-6-15-7-8-16(29(30)31)11-17(15)23-21-18(9-10-19(22(21)24)32-14(2)3)28-13-26-27(4)20(28)12-25-23/h7-11,13-14,20H,5-6,12H2,1-4H3/p+1. The average molecular weight is 457 g/mol. The molecule has 1 atom stereocenters. The van der Waals surface area contributed by atoms with Crippen LogP contribution in [-0.2, 0) is 6.42 Å². The van der Waals surface area contributed by atoms with Crippen LogP contribution in [0.5, 0.6) is 0 Å². The number of thioether (sulfide) groups is 1. The third-order valence-electron chi connectivity index (χ3n) is 5.62. The van der Waals surface area contributed by atoms with Gasteiger partial charge in [-0.2, -0.15) is 5.43 Å². The van der Waals surface area contributed by atoms with Gasteiger partial charge in [0.15, 0.2) is 0 Å². The maximum absolute atomic E-state index is 16.1. The van der Waals surface area contributed by atoms with Crippen molar-refractivity contribution >= 4 is 35.2 Å². The highest BCUT2D eigenvalue weighted by Gasteiger charge is 2.38. The molecule has 0 aromatic heterocycles. The maximum Gasteiger partial charge on any atom is 0.270 e. The molecule has 0 saturated heterocycles. The van der Waals surface area contributed by atoms with Gasteiger partial charge < -0.3 is 0 Å². The second kappa shape index (κ2) is 8.99. The van der Waals surface area contributed by atoms with E-state index >= 15 is 4.39 Å². The Kier molecular flexibility index (Phi) is 6.30. The number of non-ortho nitro benzene ring substituents is 1. The molecule has 7 nitrogen and oxygen atoms in total. The molecular formula is C23H27FN5O2S+. The summed E-state index contributed by atoms with van der Waals surface area (Å²) in [6.45, 7) is 6.49. The van der Waals surface area contributed by atoms with Crippen molar-refractivity contribution in [1.29, 1.82) is 0 Å². The molecule has 0 aliphatic carbocycles. The molecule has 1 N–H and O–H groups in total. The number of benzene rings is 2. The Hall–Kier alpha value is -2.78. The smallest absolute Gasteiger partial charge is 0.270 e. The molecule has 32 heavy (non-hydrogen) atoms. The molecule has 0 amide bonds. The number of hydrazine groups is 1. The first-order valence-corrected chi connectivity index (χ1v) is 11.6. The summed E-state index contributed by atoms with van der Waals surface area (Å²) < 4.78 is 18.0. The number of fused-ring (bicyclic) bond motifs is 3. The zero-order chi connectivity index (χ0) is 23.0. The van der Waals surface area contributed by atoms with E-state index in [9.17, 15) is 10.1 Å². The Morgan fingerprint density at radius 3 is 2.84 bits per heavy atom. The molecule has 2 aliphatic rings. The van der Waals surface area contributed by atoms with Crippen LogP contribution >= 0.6 is 11.8 Å². The fourth-order valence-corrected chi connectivity index (χ4v) is 5.00. The van der Waals surface area contributed by atoms with Gasteiger partial charge in [0.25, 0.3) is 12.0 Å². The van der Waals surface area contributed by atoms with E-state index in [0.29, 0.717) is 34.0 Å². The number of aliphatic imine (C=N–C) groups is 1. The van der Waals surface area contributed by atoms with Crippen LogP contribution in [0.4, 0.5) is 15.8 Å². The Bertz CT molecular complexity index is 1130. The molecule has 2 heterocycles. The molecule has 1 unspecified atom stereocenters. The Balaban J connectivity index is 1.99. The molecule has 0 saturated carbocycles. The Morgan fingerprint density at radius 2 is 2.16 bits per heavy atom. The summed E-state index contributed by atoms with van der Waals surface area (Å²) in [4.78, 5) is 16.5. The van der Waals surface area contributed by atoms with Crippen LogP contribution in [0.2, 0.25) is 0 Å². The highest BCUT2D eigenvalue weighted by Crippen LogP contribution is 2.37. The molecule has 2 aromatic carbocycles. The Morgan fingerprint density at radius 1 is 1.38 bits per heavy atom. The molecule has 0 radical (unpaired) electrons. The number of hydrogen-bond donors (Lipinski definition) is 1. The van der Waals surface area contributed by atoms with E-state index in [1.807, 2.05) is 49.0 Å². The number of nitrogens with zero attached hydrogens (tertiary/aromatic N) is 4. The highest BCUT2D eigenvalue weighted by atomic mass is 32.2. The lowest BCUT2D eigenvalue weighted by Gasteiger charge is -2.17. The summed E-state index contributed by atoms with van der Waals surface area (Å²) >= 11 is 1.46. The lowest BCUT2D eigenvalue weighted by molar-refractivity contribution is -0.491. The van der Waals surface area contributed by atoms with Crippen molar-refractivity contribution in [2.45, 2.75) is 49.9 Å². The van der Waals surface area contributed by atoms with Crippen molar-refractivity contribution in [2.75, 3.05) is 13.6 Å². The molecular weight excluding hydrogens is 429 g/mol. The summed E-state index contributed by atoms with van der Waals surface area (Å²) in [5, 5.41) is 13.7. The van der Waals surface area contributed by atoms with E-state index in [-0.39, 0.29) is 22.9 Å². The van der Waals surface area contributed by atoms with Gasteiger partial charge in [0.2, 0.25) is 6.17 Å². The molecule has 0 spiro atoms. The summed E-state index contributed by atoms with van der Waals surface area (Å²) in [5.41, 5.74) is 6.26. The number of halogens is 1. The molecule has 2 aliphatic heterocycles. The van der Waals surface area contributed by atoms with Crippen molar-refractivity contribution in [3.05, 3.63) is 63.0 Å². The van der Waals surface area contributed by atoms with E-state index in [2.05, 4.69) is 12.3 Å². The first kappa shape index (κ1) is 22.4. The highest BCUT2D eigenvalue weighted by molar-refractivity contribution is 7.99. The normalized spacial score (nSPS) is 17.9. The SMILES string of the molecule is CCCc1ccc([N+](=O)[O-])cc1C1=NCC2N(C)NC=[N+]2c2ccc(SC(C)C)c(F)c21. The van der Waals surface area contributed by atoms with Gasteiger partial charge >= 0.3 is 0 Å². The minimum atomic E-state index is -0.414. The van der Waals surface area contributed by atoms with Crippen molar-refractivity contribution in [1.82, 2.24) is 10.4 Å². The van der Waals surface area contributed by atoms with Gasteiger partial charge in [0.1, 0.15) is 11.5 Å². The van der Waals surface area contributed by atoms with Crippen molar-refractivity contribution in [3.63, 3.8) is 0 Å². The average Bonchev–Trinajstić information content (AvgIpc) is 3.02. The molecule has 9 heteroatoms. The maximum atomic E-state index is 16.1. The minimum absolute atomic E-state index is 0.0210. The Labute approximate surface area is 191 Å². The predicted octanol–water partition coefficient (Wildman–Crippen LogP) is 4.49. The second-order valence-corrected chi connectivity index (χ2v) is 9.85. The first-order chi connectivity index (χ1) is 15.3. The van der Waals surface area contributed by atoms with Crippen LogP contribution in [-0.4, -0.2) is 51.6 Å². The molecule has 168 valence electrons. The van der Waals surface area contributed by atoms with E-state index < -0.39 is 4.92 Å². The van der Waals surface area contributed by atoms with Crippen LogP contribution in [0.3, 0.4) is 0 Å². The van der Waals surface area contributed by atoms with Gasteiger partial charge in [0, 0.05) is 34.9 Å². The lowest BCUT2D eigenvalue weighted by atomic mass is 9.93. The van der Waals surface area contributed by atoms with Gasteiger partial charge in [-0.1, -0.05) is 33.3 Å². The lowest BCUT2D eigenvalue weighted by Crippen LogP contribution is -2.39. The number of nitrogens with one attached hydrogen (secondary N) is 1. The topological polar surface area (TPSA) is 73.8 Å². The number of hydrogen-bond acceptors (Lipinski definition) is 6. The number of nitro groups is 1. The largest absolute Gasteiger partial charge is 0.278 e. The van der Waals surface area contributed by atoms with E-state index in [4.69, 9.17) is 4.99 Å². The molecule has 2 aromatic rings. The number of likely N-dealkylation sites (N-methyl/N-ethyl adjacent to an activating group) is 1. The zero-order valence-electron chi connectivity index (χ0n) is 18.6. The molecule has 0 bridgehead atoms. The van der Waals surface area contributed by atoms with E-state index in [1.165, 1.54) is 23.9 Å². The zero-order valence-corrected chi connectivity index (χ0v) is 19.4. The van der Waals surface area contributed by atoms with Crippen LogP contribution in [0.25, 0.3) is 0 Å². The molecule has 4 rings (SSSR count). The van der Waals surface area contributed by atoms with Crippen molar-refractivity contribution < 1.29 is 13.9 Å². The van der Waals surface area contributed by atoms with Crippen LogP contribution in [0.1, 0.15) is 43.9 Å². The minimum Gasteiger partial charge on any atom is -0.278 e. The fraction of sp³-hybridized carbons (Fsp3) is 0.391. The van der Waals surface area contributed by atoms with Gasteiger partial charge in [-0.15, -0.1) is 16.8 Å². The fourth-order valence-electron chi connectivity index (χ4n) is 4.14. The van der Waals surface area contributed by atoms with Crippen LogP contribution < -0.4 is 5.43 Å². The third-order valence-corrected chi connectivity index (χ3v) is 6.66. The summed E-state index contributed by atoms with van der Waals surface area (Å²) in [6, 6.07) is 8.56. The quantitative estimate of drug-likeness (QED) is 0.300. The van der Waals surface area contributed by atoms with Crippen LogP contribution in [0, 0.1) is 15.9 Å². The van der Waals surface area contributed by atoms with Gasteiger partial charge in [-0.25, -0.2) is 8.97 Å². The van der Waals surface area contributed by atoms with Gasteiger partial charge in [-0.3, -0.25) is 15.1 Å². The van der Waals surface area contributed by atoms with Gasteiger partial charge in [-0.05, 0) is 24.1 Å². The summed E-state index contributed by atoms with van der Waals surface area (Å²) in [5.74, 6) is -0.336. The second-order valence-electron chi connectivity index (χ2n) is 8.23.